The molecule has 0 bridgehead atoms. The molecule has 0 saturated carbocycles. The van der Waals surface area contributed by atoms with Crippen molar-refractivity contribution in [1.29, 1.82) is 0 Å². The van der Waals surface area contributed by atoms with E-state index < -0.39 is 0 Å². The van der Waals surface area contributed by atoms with Gasteiger partial charge in [0.1, 0.15) is 0 Å². The third kappa shape index (κ3) is 6.01. The lowest BCUT2D eigenvalue weighted by atomic mass is 10.1. The molecule has 0 aliphatic carbocycles. The fourth-order valence-corrected chi connectivity index (χ4v) is 5.10. The first-order valence-corrected chi connectivity index (χ1v) is 9.56. The predicted octanol–water partition coefficient (Wildman–Crippen LogP) is 3.16. The molecular formula is C15H20N2O2S2. The largest absolute Gasteiger partial charge is 0.273 e. The van der Waals surface area contributed by atoms with Crippen molar-refractivity contribution in [2.45, 2.75) is 37.4 Å². The Morgan fingerprint density at radius 2 is 1.95 bits per heavy atom. The normalized spacial score (nSPS) is 17.4. The van der Waals surface area contributed by atoms with E-state index in [1.165, 1.54) is 18.6 Å². The van der Waals surface area contributed by atoms with Crippen LogP contribution in [0, 0.1) is 0 Å². The van der Waals surface area contributed by atoms with Crippen LogP contribution in [0.4, 0.5) is 0 Å². The number of benzene rings is 1. The number of carbonyl (C=O) groups excluding carboxylic acids is 2. The van der Waals surface area contributed by atoms with Crippen LogP contribution in [0.2, 0.25) is 0 Å². The SMILES string of the molecule is O=C(CCCCC1CCSS1)NNC(=O)c1ccccc1. The number of carbonyl (C=O) groups is 2. The molecule has 1 saturated heterocycles. The zero-order valence-corrected chi connectivity index (χ0v) is 13.5. The molecule has 1 atom stereocenters. The molecule has 114 valence electrons. The van der Waals surface area contributed by atoms with Crippen LogP contribution in [0.1, 0.15) is 42.5 Å². The number of nitrogens with one attached hydrogen (secondary N) is 2. The highest BCUT2D eigenvalue weighted by atomic mass is 33.1. The summed E-state index contributed by atoms with van der Waals surface area (Å²) < 4.78 is 0. The van der Waals surface area contributed by atoms with Crippen molar-refractivity contribution < 1.29 is 9.59 Å². The fourth-order valence-electron chi connectivity index (χ4n) is 2.07. The minimum Gasteiger partial charge on any atom is -0.273 e. The minimum absolute atomic E-state index is 0.132. The quantitative estimate of drug-likeness (QED) is 0.479. The van der Waals surface area contributed by atoms with Gasteiger partial charge in [0, 0.05) is 23.0 Å². The number of unbranched alkanes of at least 4 members (excludes halogenated alkanes) is 1. The molecular weight excluding hydrogens is 304 g/mol. The Balaban J connectivity index is 1.56. The van der Waals surface area contributed by atoms with Gasteiger partial charge in [-0.05, 0) is 31.4 Å². The maximum atomic E-state index is 11.7. The van der Waals surface area contributed by atoms with Crippen LogP contribution >= 0.6 is 21.6 Å². The lowest BCUT2D eigenvalue weighted by Gasteiger charge is -2.08. The molecule has 1 heterocycles. The molecule has 1 unspecified atom stereocenters. The van der Waals surface area contributed by atoms with Gasteiger partial charge in [-0.15, -0.1) is 0 Å². The lowest BCUT2D eigenvalue weighted by Crippen LogP contribution is -2.41. The van der Waals surface area contributed by atoms with Crippen LogP contribution in [0.3, 0.4) is 0 Å². The first kappa shape index (κ1) is 16.2. The predicted molar refractivity (Wildman–Crippen MR) is 89.0 cm³/mol. The van der Waals surface area contributed by atoms with E-state index in [4.69, 9.17) is 0 Å². The highest BCUT2D eigenvalue weighted by molar-refractivity contribution is 8.77. The van der Waals surface area contributed by atoms with E-state index in [0.29, 0.717) is 12.0 Å². The Kier molecular flexibility index (Phi) is 6.95. The zero-order valence-electron chi connectivity index (χ0n) is 11.8. The molecule has 0 aromatic heterocycles. The maximum Gasteiger partial charge on any atom is 0.269 e. The van der Waals surface area contributed by atoms with E-state index in [0.717, 1.165) is 18.1 Å². The van der Waals surface area contributed by atoms with E-state index in [1.54, 1.807) is 24.3 Å². The second kappa shape index (κ2) is 9.00. The molecule has 2 N–H and O–H groups in total. The Labute approximate surface area is 133 Å². The average molecular weight is 324 g/mol. The summed E-state index contributed by atoms with van der Waals surface area (Å²) >= 11 is 0. The van der Waals surface area contributed by atoms with Crippen LogP contribution < -0.4 is 10.9 Å². The van der Waals surface area contributed by atoms with Gasteiger partial charge in [0.2, 0.25) is 5.91 Å². The standard InChI is InChI=1S/C15H20N2O2S2/c18-14(9-5-4-8-13-10-11-20-21-13)16-17-15(19)12-6-2-1-3-7-12/h1-3,6-7,13H,4-5,8-11H2,(H,16,18)(H,17,19). The van der Waals surface area contributed by atoms with Gasteiger partial charge in [0.25, 0.3) is 5.91 Å². The first-order valence-electron chi connectivity index (χ1n) is 7.18. The van der Waals surface area contributed by atoms with Crippen LogP contribution in [0.15, 0.2) is 30.3 Å². The molecule has 1 aromatic rings. The van der Waals surface area contributed by atoms with Crippen molar-refractivity contribution in [2.24, 2.45) is 0 Å². The highest BCUT2D eigenvalue weighted by Crippen LogP contribution is 2.39. The number of rotatable bonds is 6. The summed E-state index contributed by atoms with van der Waals surface area (Å²) in [5.74, 6) is 0.831. The van der Waals surface area contributed by atoms with Crippen molar-refractivity contribution in [3.05, 3.63) is 35.9 Å². The monoisotopic (exact) mass is 324 g/mol. The van der Waals surface area contributed by atoms with E-state index in [1.807, 2.05) is 27.7 Å². The Morgan fingerprint density at radius 3 is 2.67 bits per heavy atom. The van der Waals surface area contributed by atoms with Gasteiger partial charge >= 0.3 is 0 Å². The van der Waals surface area contributed by atoms with Crippen LogP contribution in [-0.2, 0) is 4.79 Å². The second-order valence-electron chi connectivity index (χ2n) is 4.94. The summed E-state index contributed by atoms with van der Waals surface area (Å²) in [4.78, 5) is 23.4. The van der Waals surface area contributed by atoms with E-state index >= 15 is 0 Å². The summed E-state index contributed by atoms with van der Waals surface area (Å²) in [6.45, 7) is 0. The molecule has 21 heavy (non-hydrogen) atoms. The highest BCUT2D eigenvalue weighted by Gasteiger charge is 2.15. The fraction of sp³-hybridized carbons (Fsp3) is 0.467. The van der Waals surface area contributed by atoms with Crippen LogP contribution in [-0.4, -0.2) is 22.8 Å². The molecule has 6 heteroatoms. The topological polar surface area (TPSA) is 58.2 Å². The third-order valence-corrected chi connectivity index (χ3v) is 6.27. The van der Waals surface area contributed by atoms with Crippen molar-refractivity contribution >= 4 is 33.4 Å². The Hall–Kier alpha value is -1.14. The minimum atomic E-state index is -0.289. The summed E-state index contributed by atoms with van der Waals surface area (Å²) in [7, 11) is 3.92. The van der Waals surface area contributed by atoms with Gasteiger partial charge in [-0.2, -0.15) is 0 Å². The number of hydrazine groups is 1. The number of hydrogen-bond donors (Lipinski definition) is 2. The van der Waals surface area contributed by atoms with Gasteiger partial charge in [-0.1, -0.05) is 46.2 Å². The molecule has 1 aromatic carbocycles. The van der Waals surface area contributed by atoms with Crippen molar-refractivity contribution in [3.63, 3.8) is 0 Å². The molecule has 2 rings (SSSR count). The summed E-state index contributed by atoms with van der Waals surface area (Å²) in [6, 6.07) is 8.83. The second-order valence-corrected chi connectivity index (χ2v) is 7.73. The van der Waals surface area contributed by atoms with Gasteiger partial charge in [-0.25, -0.2) is 0 Å². The van der Waals surface area contributed by atoms with E-state index in [2.05, 4.69) is 10.9 Å². The summed E-state index contributed by atoms with van der Waals surface area (Å²) in [6.07, 6.45) is 4.86. The summed E-state index contributed by atoms with van der Waals surface area (Å²) in [5, 5.41) is 0.760. The van der Waals surface area contributed by atoms with Crippen molar-refractivity contribution in [2.75, 3.05) is 5.75 Å². The molecule has 1 aliphatic rings. The lowest BCUT2D eigenvalue weighted by molar-refractivity contribution is -0.121. The third-order valence-electron chi connectivity index (χ3n) is 3.26. The zero-order chi connectivity index (χ0) is 14.9. The van der Waals surface area contributed by atoms with Crippen molar-refractivity contribution in [3.8, 4) is 0 Å². The van der Waals surface area contributed by atoms with Crippen LogP contribution in [0.25, 0.3) is 0 Å². The Morgan fingerprint density at radius 1 is 1.14 bits per heavy atom. The van der Waals surface area contributed by atoms with Gasteiger partial charge in [0.15, 0.2) is 0 Å². The van der Waals surface area contributed by atoms with Gasteiger partial charge in [0.05, 0.1) is 0 Å². The maximum absolute atomic E-state index is 11.7. The molecule has 1 aliphatic heterocycles. The Bertz CT molecular complexity index is 462. The van der Waals surface area contributed by atoms with Gasteiger partial charge in [-0.3, -0.25) is 20.4 Å². The summed E-state index contributed by atoms with van der Waals surface area (Å²) in [5.41, 5.74) is 5.43. The molecule has 0 radical (unpaired) electrons. The van der Waals surface area contributed by atoms with E-state index in [-0.39, 0.29) is 11.8 Å². The van der Waals surface area contributed by atoms with Gasteiger partial charge < -0.3 is 0 Å². The van der Waals surface area contributed by atoms with Crippen LogP contribution in [0.5, 0.6) is 0 Å². The smallest absolute Gasteiger partial charge is 0.269 e. The molecule has 4 nitrogen and oxygen atoms in total. The first-order chi connectivity index (χ1) is 10.3. The molecule has 2 amide bonds. The number of hydrogen-bond acceptors (Lipinski definition) is 4. The molecule has 1 fully saturated rings. The molecule has 0 spiro atoms. The van der Waals surface area contributed by atoms with E-state index in [9.17, 15) is 9.59 Å². The van der Waals surface area contributed by atoms with Crippen molar-refractivity contribution in [1.82, 2.24) is 10.9 Å². The average Bonchev–Trinajstić information content (AvgIpc) is 3.03. The number of amides is 2.